The monoisotopic (exact) mass is 221 g/mol. The van der Waals surface area contributed by atoms with E-state index in [4.69, 9.17) is 10.5 Å². The second kappa shape index (κ2) is 5.77. The van der Waals surface area contributed by atoms with Crippen molar-refractivity contribution in [3.05, 3.63) is 35.9 Å². The highest BCUT2D eigenvalue weighted by Crippen LogP contribution is 2.18. The lowest BCUT2D eigenvalue weighted by Crippen LogP contribution is -2.41. The molecule has 0 heterocycles. The maximum Gasteiger partial charge on any atom is 0.199 e. The summed E-state index contributed by atoms with van der Waals surface area (Å²) in [5.74, 6) is 0.534. The van der Waals surface area contributed by atoms with Gasteiger partial charge in [-0.05, 0) is 12.3 Å². The van der Waals surface area contributed by atoms with Gasteiger partial charge in [0.2, 0.25) is 0 Å². The fourth-order valence-electron chi connectivity index (χ4n) is 1.35. The van der Waals surface area contributed by atoms with E-state index < -0.39 is 5.72 Å². The summed E-state index contributed by atoms with van der Waals surface area (Å²) in [5, 5.41) is 0. The zero-order valence-corrected chi connectivity index (χ0v) is 9.85. The van der Waals surface area contributed by atoms with Gasteiger partial charge in [-0.15, -0.1) is 0 Å². The molecule has 1 atom stereocenters. The van der Waals surface area contributed by atoms with Crippen molar-refractivity contribution >= 4 is 6.29 Å². The minimum Gasteiger partial charge on any atom is -0.350 e. The molecule has 0 saturated carbocycles. The molecule has 0 fully saturated rings. The summed E-state index contributed by atoms with van der Waals surface area (Å²) < 4.78 is 5.49. The van der Waals surface area contributed by atoms with Crippen LogP contribution >= 0.6 is 0 Å². The van der Waals surface area contributed by atoms with E-state index >= 15 is 0 Å². The minimum absolute atomic E-state index is 0.488. The summed E-state index contributed by atoms with van der Waals surface area (Å²) >= 11 is 0. The van der Waals surface area contributed by atoms with Crippen LogP contribution in [0.4, 0.5) is 0 Å². The smallest absolute Gasteiger partial charge is 0.199 e. The lowest BCUT2D eigenvalue weighted by molar-refractivity contribution is -0.132. The van der Waals surface area contributed by atoms with Crippen molar-refractivity contribution in [3.8, 4) is 0 Å². The lowest BCUT2D eigenvalue weighted by Gasteiger charge is -2.24. The van der Waals surface area contributed by atoms with E-state index in [2.05, 4.69) is 13.8 Å². The molecule has 0 bridgehead atoms. The van der Waals surface area contributed by atoms with Gasteiger partial charge in [0.15, 0.2) is 12.0 Å². The Hall–Kier alpha value is -1.19. The molecule has 0 saturated heterocycles. The molecule has 16 heavy (non-hydrogen) atoms. The predicted octanol–water partition coefficient (Wildman–Crippen LogP) is 2.06. The van der Waals surface area contributed by atoms with Crippen LogP contribution in [0.1, 0.15) is 25.8 Å². The van der Waals surface area contributed by atoms with Crippen LogP contribution < -0.4 is 5.73 Å². The lowest BCUT2D eigenvalue weighted by atomic mass is 10.1. The number of hydrogen-bond donors (Lipinski definition) is 1. The average Bonchev–Trinajstić information content (AvgIpc) is 2.29. The fourth-order valence-corrected chi connectivity index (χ4v) is 1.35. The van der Waals surface area contributed by atoms with Gasteiger partial charge in [0.05, 0.1) is 6.61 Å². The first kappa shape index (κ1) is 12.9. The van der Waals surface area contributed by atoms with Crippen LogP contribution in [0.25, 0.3) is 0 Å². The molecule has 88 valence electrons. The summed E-state index contributed by atoms with van der Waals surface area (Å²) in [6.07, 6.45) is 1.54. The third-order valence-corrected chi connectivity index (χ3v) is 2.44. The maximum atomic E-state index is 11.1. The third kappa shape index (κ3) is 3.43. The summed E-state index contributed by atoms with van der Waals surface area (Å²) in [6.45, 7) is 4.69. The van der Waals surface area contributed by atoms with Gasteiger partial charge in [0.1, 0.15) is 0 Å². The van der Waals surface area contributed by atoms with Crippen LogP contribution in [0.5, 0.6) is 0 Å². The summed E-state index contributed by atoms with van der Waals surface area (Å²) in [5.41, 5.74) is 5.29. The van der Waals surface area contributed by atoms with Gasteiger partial charge >= 0.3 is 0 Å². The third-order valence-electron chi connectivity index (χ3n) is 2.44. The highest BCUT2D eigenvalue weighted by atomic mass is 16.5. The molecule has 1 aromatic carbocycles. The zero-order chi connectivity index (χ0) is 12.0. The first-order valence-corrected chi connectivity index (χ1v) is 5.53. The summed E-state index contributed by atoms with van der Waals surface area (Å²) in [6, 6.07) is 9.15. The van der Waals surface area contributed by atoms with Crippen LogP contribution in [-0.4, -0.2) is 12.9 Å². The van der Waals surface area contributed by atoms with E-state index in [1.165, 1.54) is 0 Å². The van der Waals surface area contributed by atoms with Crippen molar-refractivity contribution in [1.29, 1.82) is 0 Å². The number of benzene rings is 1. The Kier molecular flexibility index (Phi) is 4.65. The molecule has 0 amide bonds. The van der Waals surface area contributed by atoms with Gasteiger partial charge in [-0.1, -0.05) is 44.2 Å². The number of rotatable bonds is 6. The Morgan fingerprint density at radius 2 is 2.00 bits per heavy atom. The van der Waals surface area contributed by atoms with Gasteiger partial charge in [-0.3, -0.25) is 10.5 Å². The van der Waals surface area contributed by atoms with E-state index in [9.17, 15) is 4.79 Å². The van der Waals surface area contributed by atoms with Crippen molar-refractivity contribution in [1.82, 2.24) is 0 Å². The molecular weight excluding hydrogens is 202 g/mol. The second-order valence-corrected chi connectivity index (χ2v) is 4.31. The molecule has 0 spiro atoms. The fraction of sp³-hybridized carbons (Fsp3) is 0.462. The highest BCUT2D eigenvalue weighted by Gasteiger charge is 2.27. The van der Waals surface area contributed by atoms with Crippen molar-refractivity contribution < 1.29 is 9.53 Å². The Balaban J connectivity index is 2.67. The first-order chi connectivity index (χ1) is 7.58. The van der Waals surface area contributed by atoms with Gasteiger partial charge in [-0.2, -0.15) is 0 Å². The summed E-state index contributed by atoms with van der Waals surface area (Å²) in [7, 11) is 0. The summed E-state index contributed by atoms with van der Waals surface area (Å²) in [4.78, 5) is 11.1. The van der Waals surface area contributed by atoms with Crippen LogP contribution in [0.2, 0.25) is 0 Å². The van der Waals surface area contributed by atoms with E-state index in [1.54, 1.807) is 12.1 Å². The molecule has 2 N–H and O–H groups in total. The van der Waals surface area contributed by atoms with Crippen LogP contribution in [0, 0.1) is 5.92 Å². The Morgan fingerprint density at radius 3 is 2.50 bits per heavy atom. The van der Waals surface area contributed by atoms with E-state index in [-0.39, 0.29) is 0 Å². The van der Waals surface area contributed by atoms with Gasteiger partial charge in [0, 0.05) is 5.56 Å². The average molecular weight is 221 g/mol. The Labute approximate surface area is 96.6 Å². The van der Waals surface area contributed by atoms with E-state index in [0.717, 1.165) is 6.42 Å². The molecule has 0 aliphatic rings. The maximum absolute atomic E-state index is 11.1. The molecule has 1 aromatic rings. The van der Waals surface area contributed by atoms with Crippen LogP contribution in [-0.2, 0) is 15.3 Å². The number of aldehydes is 1. The van der Waals surface area contributed by atoms with E-state index in [0.29, 0.717) is 24.4 Å². The molecule has 0 aliphatic heterocycles. The quantitative estimate of drug-likeness (QED) is 0.591. The number of ether oxygens (including phenoxy) is 1. The van der Waals surface area contributed by atoms with Crippen LogP contribution in [0.3, 0.4) is 0 Å². The van der Waals surface area contributed by atoms with Gasteiger partial charge in [-0.25, -0.2) is 0 Å². The topological polar surface area (TPSA) is 52.3 Å². The highest BCUT2D eigenvalue weighted by molar-refractivity contribution is 5.64. The predicted molar refractivity (Wildman–Crippen MR) is 63.8 cm³/mol. The molecule has 1 unspecified atom stereocenters. The zero-order valence-electron chi connectivity index (χ0n) is 9.85. The molecule has 0 radical (unpaired) electrons. The molecule has 1 rings (SSSR count). The van der Waals surface area contributed by atoms with Crippen LogP contribution in [0.15, 0.2) is 30.3 Å². The number of carbonyl (C=O) groups is 1. The molecule has 0 aliphatic carbocycles. The molecular formula is C13H19NO2. The largest absolute Gasteiger partial charge is 0.350 e. The van der Waals surface area contributed by atoms with Crippen molar-refractivity contribution in [2.24, 2.45) is 11.7 Å². The van der Waals surface area contributed by atoms with E-state index in [1.807, 2.05) is 18.2 Å². The Bertz CT molecular complexity index is 324. The first-order valence-electron chi connectivity index (χ1n) is 5.53. The van der Waals surface area contributed by atoms with Crippen molar-refractivity contribution in [3.63, 3.8) is 0 Å². The van der Waals surface area contributed by atoms with Gasteiger partial charge in [0.25, 0.3) is 0 Å². The normalized spacial score (nSPS) is 14.8. The van der Waals surface area contributed by atoms with Crippen molar-refractivity contribution in [2.75, 3.05) is 6.61 Å². The number of nitrogens with two attached hydrogens (primary N) is 1. The number of carbonyl (C=O) groups excluding carboxylic acids is 1. The second-order valence-electron chi connectivity index (χ2n) is 4.31. The Morgan fingerprint density at radius 1 is 1.38 bits per heavy atom. The number of hydrogen-bond acceptors (Lipinski definition) is 3. The van der Waals surface area contributed by atoms with Crippen molar-refractivity contribution in [2.45, 2.75) is 26.0 Å². The molecule has 3 heteroatoms. The molecule has 3 nitrogen and oxygen atoms in total. The standard InChI is InChI=1S/C13H19NO2/c1-11(2)8-9-16-13(14,10-15)12-6-4-3-5-7-12/h3-7,10-11H,8-9,14H2,1-2H3. The molecule has 0 aromatic heterocycles. The SMILES string of the molecule is CC(C)CCOC(N)(C=O)c1ccccc1. The van der Waals surface area contributed by atoms with Gasteiger partial charge < -0.3 is 4.74 Å². The minimum atomic E-state index is -1.31.